The van der Waals surface area contributed by atoms with Crippen molar-refractivity contribution in [2.75, 3.05) is 16.8 Å². The van der Waals surface area contributed by atoms with Crippen LogP contribution in [0.3, 0.4) is 0 Å². The number of aromatic nitrogens is 1. The molecule has 0 unspecified atom stereocenters. The number of ether oxygens (including phenoxy) is 1. The molecule has 0 aliphatic carbocycles. The molecule has 132 valence electrons. The lowest BCUT2D eigenvalue weighted by Gasteiger charge is -2.10. The number of nitrogens with one attached hydrogen (secondary N) is 1. The lowest BCUT2D eigenvalue weighted by atomic mass is 10.1. The van der Waals surface area contributed by atoms with Gasteiger partial charge in [-0.2, -0.15) is 0 Å². The number of rotatable bonds is 5. The zero-order valence-corrected chi connectivity index (χ0v) is 14.8. The van der Waals surface area contributed by atoms with Crippen LogP contribution in [-0.2, 0) is 21.1 Å². The molecule has 1 fully saturated rings. The zero-order valence-electron chi connectivity index (χ0n) is 13.9. The van der Waals surface area contributed by atoms with E-state index >= 15 is 0 Å². The first kappa shape index (κ1) is 17.4. The minimum atomic E-state index is -3.08. The van der Waals surface area contributed by atoms with Gasteiger partial charge in [0.25, 0.3) is 0 Å². The summed E-state index contributed by atoms with van der Waals surface area (Å²) in [6, 6.07) is 11.1. The highest BCUT2D eigenvalue weighted by molar-refractivity contribution is 7.91. The lowest BCUT2D eigenvalue weighted by molar-refractivity contribution is -0.119. The van der Waals surface area contributed by atoms with Gasteiger partial charge in [-0.1, -0.05) is 19.1 Å². The molecular formula is C18H20N2O4S. The smallest absolute Gasteiger partial charge is 0.228 e. The van der Waals surface area contributed by atoms with Gasteiger partial charge in [0.1, 0.15) is 5.75 Å². The van der Waals surface area contributed by atoms with Crippen LogP contribution >= 0.6 is 0 Å². The van der Waals surface area contributed by atoms with Crippen molar-refractivity contribution >= 4 is 21.4 Å². The summed E-state index contributed by atoms with van der Waals surface area (Å²) in [7, 11) is -3.08. The third kappa shape index (κ3) is 4.57. The van der Waals surface area contributed by atoms with Crippen molar-refractivity contribution in [2.24, 2.45) is 5.92 Å². The molecule has 0 saturated carbocycles. The fraction of sp³-hybridized carbons (Fsp3) is 0.333. The molecule has 0 radical (unpaired) electrons. The molecule has 1 amide bonds. The molecule has 1 N–H and O–H groups in total. The normalized spacial score (nSPS) is 18.7. The number of anilines is 1. The standard InChI is InChI=1S/C18H20N2O4S/c1-2-13-4-3-5-16(10-13)24-17-7-6-15(11-19-17)20-18(21)14-8-9-25(22,23)12-14/h3-7,10-11,14H,2,8-9,12H2,1H3,(H,20,21)/t14-/m0/s1. The van der Waals surface area contributed by atoms with E-state index < -0.39 is 15.8 Å². The fourth-order valence-electron chi connectivity index (χ4n) is 2.71. The topological polar surface area (TPSA) is 85.4 Å². The molecular weight excluding hydrogens is 340 g/mol. The van der Waals surface area contributed by atoms with E-state index in [4.69, 9.17) is 4.74 Å². The molecule has 2 aromatic rings. The molecule has 6 nitrogen and oxygen atoms in total. The number of hydrogen-bond donors (Lipinski definition) is 1. The first-order valence-electron chi connectivity index (χ1n) is 8.19. The molecule has 25 heavy (non-hydrogen) atoms. The first-order valence-corrected chi connectivity index (χ1v) is 10.0. The van der Waals surface area contributed by atoms with Crippen LogP contribution in [0.2, 0.25) is 0 Å². The number of amides is 1. The van der Waals surface area contributed by atoms with E-state index in [9.17, 15) is 13.2 Å². The van der Waals surface area contributed by atoms with Crippen molar-refractivity contribution in [3.63, 3.8) is 0 Å². The van der Waals surface area contributed by atoms with Gasteiger partial charge in [-0.15, -0.1) is 0 Å². The Kier molecular flexibility index (Phi) is 5.03. The van der Waals surface area contributed by atoms with Crippen LogP contribution in [0.25, 0.3) is 0 Å². The summed E-state index contributed by atoms with van der Waals surface area (Å²) < 4.78 is 28.6. The minimum Gasteiger partial charge on any atom is -0.439 e. The van der Waals surface area contributed by atoms with E-state index in [1.165, 1.54) is 11.8 Å². The largest absolute Gasteiger partial charge is 0.439 e. The molecule has 7 heteroatoms. The van der Waals surface area contributed by atoms with Crippen LogP contribution in [0.15, 0.2) is 42.6 Å². The summed E-state index contributed by atoms with van der Waals surface area (Å²) in [6.07, 6.45) is 2.80. The third-order valence-electron chi connectivity index (χ3n) is 4.14. The number of pyridine rings is 1. The summed E-state index contributed by atoms with van der Waals surface area (Å²) >= 11 is 0. The monoisotopic (exact) mass is 360 g/mol. The van der Waals surface area contributed by atoms with Crippen molar-refractivity contribution in [1.29, 1.82) is 0 Å². The fourth-order valence-corrected chi connectivity index (χ4v) is 4.45. The Labute approximate surface area is 147 Å². The maximum Gasteiger partial charge on any atom is 0.228 e. The molecule has 3 rings (SSSR count). The van der Waals surface area contributed by atoms with Gasteiger partial charge in [0, 0.05) is 6.07 Å². The van der Waals surface area contributed by atoms with Gasteiger partial charge in [-0.05, 0) is 36.6 Å². The highest BCUT2D eigenvalue weighted by Crippen LogP contribution is 2.23. The second-order valence-corrected chi connectivity index (χ2v) is 8.31. The second-order valence-electron chi connectivity index (χ2n) is 6.08. The quantitative estimate of drug-likeness (QED) is 0.886. The summed E-state index contributed by atoms with van der Waals surface area (Å²) in [4.78, 5) is 16.3. The van der Waals surface area contributed by atoms with Crippen LogP contribution in [0.5, 0.6) is 11.6 Å². The molecule has 1 aromatic heterocycles. The average Bonchev–Trinajstić information content (AvgIpc) is 2.97. The Morgan fingerprint density at radius 3 is 2.80 bits per heavy atom. The van der Waals surface area contributed by atoms with E-state index in [2.05, 4.69) is 17.2 Å². The van der Waals surface area contributed by atoms with Crippen molar-refractivity contribution < 1.29 is 17.9 Å². The molecule has 0 spiro atoms. The summed E-state index contributed by atoms with van der Waals surface area (Å²) in [6.45, 7) is 2.07. The van der Waals surface area contributed by atoms with E-state index in [0.717, 1.165) is 6.42 Å². The predicted octanol–water partition coefficient (Wildman–Crippen LogP) is 2.81. The van der Waals surface area contributed by atoms with Gasteiger partial charge in [-0.25, -0.2) is 13.4 Å². The summed E-state index contributed by atoms with van der Waals surface area (Å²) in [5.41, 5.74) is 1.69. The zero-order chi connectivity index (χ0) is 17.9. The first-order chi connectivity index (χ1) is 11.9. The van der Waals surface area contributed by atoms with Gasteiger partial charge in [0.2, 0.25) is 11.8 Å². The van der Waals surface area contributed by atoms with Crippen molar-refractivity contribution in [2.45, 2.75) is 19.8 Å². The van der Waals surface area contributed by atoms with E-state index in [-0.39, 0.29) is 17.4 Å². The molecule has 1 aliphatic rings. The van der Waals surface area contributed by atoms with E-state index in [1.807, 2.05) is 24.3 Å². The van der Waals surface area contributed by atoms with Gasteiger partial charge >= 0.3 is 0 Å². The second kappa shape index (κ2) is 7.23. The number of carbonyl (C=O) groups excluding carboxylic acids is 1. The van der Waals surface area contributed by atoms with Crippen LogP contribution < -0.4 is 10.1 Å². The Morgan fingerprint density at radius 2 is 2.16 bits per heavy atom. The number of hydrogen-bond acceptors (Lipinski definition) is 5. The number of sulfone groups is 1. The van der Waals surface area contributed by atoms with E-state index in [1.54, 1.807) is 12.1 Å². The Hall–Kier alpha value is -2.41. The highest BCUT2D eigenvalue weighted by Gasteiger charge is 2.32. The van der Waals surface area contributed by atoms with Crippen molar-refractivity contribution in [3.8, 4) is 11.6 Å². The van der Waals surface area contributed by atoms with Gasteiger partial charge in [0.15, 0.2) is 9.84 Å². The van der Waals surface area contributed by atoms with Crippen LogP contribution in [0.4, 0.5) is 5.69 Å². The van der Waals surface area contributed by atoms with Crippen LogP contribution in [0, 0.1) is 5.92 Å². The molecule has 0 bridgehead atoms. The summed E-state index contributed by atoms with van der Waals surface area (Å²) in [5, 5.41) is 2.71. The Bertz CT molecular complexity index is 863. The number of nitrogens with zero attached hydrogens (tertiary/aromatic N) is 1. The molecule has 1 atom stereocenters. The third-order valence-corrected chi connectivity index (χ3v) is 5.90. The lowest BCUT2D eigenvalue weighted by Crippen LogP contribution is -2.23. The molecule has 1 aromatic carbocycles. The molecule has 1 saturated heterocycles. The molecule has 1 aliphatic heterocycles. The Morgan fingerprint density at radius 1 is 1.32 bits per heavy atom. The van der Waals surface area contributed by atoms with Crippen molar-refractivity contribution in [3.05, 3.63) is 48.2 Å². The average molecular weight is 360 g/mol. The highest BCUT2D eigenvalue weighted by atomic mass is 32.2. The molecule has 2 heterocycles. The summed E-state index contributed by atoms with van der Waals surface area (Å²) in [5.74, 6) is 0.355. The van der Waals surface area contributed by atoms with E-state index in [0.29, 0.717) is 23.7 Å². The number of aryl methyl sites for hydroxylation is 1. The van der Waals surface area contributed by atoms with Gasteiger partial charge in [0.05, 0.1) is 29.3 Å². The maximum absolute atomic E-state index is 12.1. The number of carbonyl (C=O) groups is 1. The predicted molar refractivity (Wildman–Crippen MR) is 95.5 cm³/mol. The van der Waals surface area contributed by atoms with Crippen molar-refractivity contribution in [1.82, 2.24) is 4.98 Å². The van der Waals surface area contributed by atoms with Crippen LogP contribution in [-0.4, -0.2) is 30.8 Å². The van der Waals surface area contributed by atoms with Crippen LogP contribution in [0.1, 0.15) is 18.9 Å². The van der Waals surface area contributed by atoms with Gasteiger partial charge < -0.3 is 10.1 Å². The van der Waals surface area contributed by atoms with Gasteiger partial charge in [-0.3, -0.25) is 4.79 Å². The Balaban J connectivity index is 1.61. The SMILES string of the molecule is CCc1cccc(Oc2ccc(NC(=O)[C@H]3CCS(=O)(=O)C3)cn2)c1. The maximum atomic E-state index is 12.1. The minimum absolute atomic E-state index is 0.0763. The number of benzene rings is 1.